The Morgan fingerprint density at radius 1 is 0.542 bits per heavy atom. The molecule has 0 spiro atoms. The van der Waals surface area contributed by atoms with E-state index in [9.17, 15) is 4.79 Å². The third-order valence-electron chi connectivity index (χ3n) is 4.08. The van der Waals surface area contributed by atoms with Gasteiger partial charge >= 0.3 is 6.03 Å². The summed E-state index contributed by atoms with van der Waals surface area (Å²) in [5, 5.41) is 10.1. The van der Waals surface area contributed by atoms with Crippen LogP contribution in [0.5, 0.6) is 0 Å². The average Bonchev–Trinajstić information content (AvgIpc) is 2.62. The minimum absolute atomic E-state index is 0.247. The summed E-state index contributed by atoms with van der Waals surface area (Å²) < 4.78 is 0. The van der Waals surface area contributed by atoms with Gasteiger partial charge in [0.25, 0.3) is 0 Å². The first-order valence-electron chi connectivity index (χ1n) is 7.85. The van der Waals surface area contributed by atoms with E-state index in [1.807, 2.05) is 84.9 Å². The van der Waals surface area contributed by atoms with Crippen LogP contribution in [-0.2, 0) is 0 Å². The minimum Gasteiger partial charge on any atom is -0.307 e. The first-order valence-corrected chi connectivity index (χ1v) is 7.85. The van der Waals surface area contributed by atoms with Gasteiger partial charge in [0.15, 0.2) is 0 Å². The van der Waals surface area contributed by atoms with Crippen molar-refractivity contribution in [3.8, 4) is 0 Å². The predicted octanol–water partition coefficient (Wildman–Crippen LogP) is 5.64. The number of hydrogen-bond acceptors (Lipinski definition) is 1. The summed E-state index contributed by atoms with van der Waals surface area (Å²) in [5.74, 6) is 0. The van der Waals surface area contributed by atoms with Crippen molar-refractivity contribution in [2.75, 3.05) is 10.6 Å². The maximum atomic E-state index is 12.4. The fraction of sp³-hybridized carbons (Fsp3) is 0. The molecule has 0 aromatic heterocycles. The topological polar surface area (TPSA) is 41.1 Å². The van der Waals surface area contributed by atoms with Crippen LogP contribution in [0.3, 0.4) is 0 Å². The first kappa shape index (κ1) is 14.3. The van der Waals surface area contributed by atoms with Crippen LogP contribution in [0.25, 0.3) is 21.5 Å². The first-order chi connectivity index (χ1) is 11.8. The highest BCUT2D eigenvalue weighted by atomic mass is 16.2. The van der Waals surface area contributed by atoms with E-state index in [0.717, 1.165) is 32.9 Å². The van der Waals surface area contributed by atoms with E-state index in [4.69, 9.17) is 0 Å². The number of rotatable bonds is 2. The van der Waals surface area contributed by atoms with E-state index >= 15 is 0 Å². The van der Waals surface area contributed by atoms with Gasteiger partial charge in [-0.1, -0.05) is 72.8 Å². The van der Waals surface area contributed by atoms with Crippen LogP contribution in [0.1, 0.15) is 0 Å². The number of carbonyl (C=O) groups excluding carboxylic acids is 1. The largest absolute Gasteiger partial charge is 0.323 e. The second kappa shape index (κ2) is 6.05. The Bertz CT molecular complexity index is 946. The van der Waals surface area contributed by atoms with Gasteiger partial charge in [-0.15, -0.1) is 0 Å². The van der Waals surface area contributed by atoms with E-state index in [2.05, 4.69) is 10.6 Å². The van der Waals surface area contributed by atoms with Gasteiger partial charge in [0.05, 0.1) is 11.4 Å². The molecule has 2 N–H and O–H groups in total. The number of benzene rings is 4. The molecule has 0 unspecified atom stereocenters. The Kier molecular flexibility index (Phi) is 3.60. The third-order valence-corrected chi connectivity index (χ3v) is 4.08. The molecular formula is C21H16N2O. The highest BCUT2D eigenvalue weighted by Gasteiger charge is 2.07. The molecule has 116 valence electrons. The fourth-order valence-corrected chi connectivity index (χ4v) is 2.94. The molecular weight excluding hydrogens is 296 g/mol. The summed E-state index contributed by atoms with van der Waals surface area (Å²) in [6, 6.07) is 27.5. The Morgan fingerprint density at radius 2 is 0.958 bits per heavy atom. The lowest BCUT2D eigenvalue weighted by molar-refractivity contribution is 0.262. The molecule has 0 fully saturated rings. The zero-order chi connectivity index (χ0) is 16.4. The molecule has 4 rings (SSSR count). The van der Waals surface area contributed by atoms with E-state index < -0.39 is 0 Å². The van der Waals surface area contributed by atoms with Crippen LogP contribution < -0.4 is 10.6 Å². The van der Waals surface area contributed by atoms with Crippen molar-refractivity contribution in [2.45, 2.75) is 0 Å². The quantitative estimate of drug-likeness (QED) is 0.494. The van der Waals surface area contributed by atoms with E-state index in [0.29, 0.717) is 0 Å². The fourth-order valence-electron chi connectivity index (χ4n) is 2.94. The molecule has 3 nitrogen and oxygen atoms in total. The number of hydrogen-bond donors (Lipinski definition) is 2. The Morgan fingerprint density at radius 3 is 1.46 bits per heavy atom. The number of fused-ring (bicyclic) bond motifs is 2. The number of urea groups is 1. The van der Waals surface area contributed by atoms with Gasteiger partial charge in [0, 0.05) is 10.8 Å². The molecule has 0 saturated carbocycles. The van der Waals surface area contributed by atoms with E-state index in [-0.39, 0.29) is 6.03 Å². The van der Waals surface area contributed by atoms with Crippen molar-refractivity contribution < 1.29 is 4.79 Å². The monoisotopic (exact) mass is 312 g/mol. The van der Waals surface area contributed by atoms with E-state index in [1.165, 1.54) is 0 Å². The Balaban J connectivity index is 1.62. The number of anilines is 2. The highest BCUT2D eigenvalue weighted by Crippen LogP contribution is 2.25. The van der Waals surface area contributed by atoms with Gasteiger partial charge in [-0.05, 0) is 22.9 Å². The Hall–Kier alpha value is -3.33. The van der Waals surface area contributed by atoms with Crippen molar-refractivity contribution in [1.29, 1.82) is 0 Å². The molecule has 0 saturated heterocycles. The number of amides is 2. The van der Waals surface area contributed by atoms with Crippen LogP contribution in [-0.4, -0.2) is 6.03 Å². The van der Waals surface area contributed by atoms with Crippen LogP contribution in [0, 0.1) is 0 Å². The summed E-state index contributed by atoms with van der Waals surface area (Å²) >= 11 is 0. The summed E-state index contributed by atoms with van der Waals surface area (Å²) in [7, 11) is 0. The SMILES string of the molecule is O=C(Nc1cccc2ccccc12)Nc1cccc2ccccc12. The normalized spacial score (nSPS) is 10.7. The van der Waals surface area contributed by atoms with Gasteiger partial charge in [0.2, 0.25) is 0 Å². The van der Waals surface area contributed by atoms with Gasteiger partial charge in [-0.25, -0.2) is 4.79 Å². The Labute approximate surface area is 139 Å². The molecule has 3 heteroatoms. The van der Waals surface area contributed by atoms with Crippen molar-refractivity contribution in [3.05, 3.63) is 84.9 Å². The maximum Gasteiger partial charge on any atom is 0.323 e. The smallest absolute Gasteiger partial charge is 0.307 e. The molecule has 0 atom stereocenters. The van der Waals surface area contributed by atoms with Crippen LogP contribution >= 0.6 is 0 Å². The molecule has 0 aliphatic rings. The summed E-state index contributed by atoms with van der Waals surface area (Å²) in [6.45, 7) is 0. The highest BCUT2D eigenvalue weighted by molar-refractivity contribution is 6.09. The second-order valence-electron chi connectivity index (χ2n) is 5.63. The zero-order valence-corrected chi connectivity index (χ0v) is 13.0. The molecule has 0 aliphatic heterocycles. The molecule has 0 aliphatic carbocycles. The lowest BCUT2D eigenvalue weighted by atomic mass is 10.1. The molecule has 2 amide bonds. The average molecular weight is 312 g/mol. The van der Waals surface area contributed by atoms with Crippen LogP contribution in [0.15, 0.2) is 84.9 Å². The van der Waals surface area contributed by atoms with Crippen LogP contribution in [0.4, 0.5) is 16.2 Å². The predicted molar refractivity (Wildman–Crippen MR) is 101 cm³/mol. The number of nitrogens with one attached hydrogen (secondary N) is 2. The zero-order valence-electron chi connectivity index (χ0n) is 13.0. The lowest BCUT2D eigenvalue weighted by Crippen LogP contribution is -2.19. The number of carbonyl (C=O) groups is 1. The van der Waals surface area contributed by atoms with Gasteiger partial charge < -0.3 is 10.6 Å². The molecule has 0 bridgehead atoms. The molecule has 4 aromatic rings. The second-order valence-corrected chi connectivity index (χ2v) is 5.63. The summed E-state index contributed by atoms with van der Waals surface area (Å²) in [6.07, 6.45) is 0. The summed E-state index contributed by atoms with van der Waals surface area (Å²) in [5.41, 5.74) is 1.59. The third kappa shape index (κ3) is 2.68. The van der Waals surface area contributed by atoms with E-state index in [1.54, 1.807) is 0 Å². The molecule has 0 radical (unpaired) electrons. The van der Waals surface area contributed by atoms with Gasteiger partial charge in [-0.2, -0.15) is 0 Å². The van der Waals surface area contributed by atoms with Gasteiger partial charge in [-0.3, -0.25) is 0 Å². The van der Waals surface area contributed by atoms with Gasteiger partial charge in [0.1, 0.15) is 0 Å². The molecule has 24 heavy (non-hydrogen) atoms. The van der Waals surface area contributed by atoms with Crippen LogP contribution in [0.2, 0.25) is 0 Å². The standard InChI is InChI=1S/C21H16N2O/c24-21(22-19-13-5-9-15-7-1-3-11-17(15)19)23-20-14-6-10-16-8-2-4-12-18(16)20/h1-14H,(H2,22,23,24). The molecule has 4 aromatic carbocycles. The molecule has 0 heterocycles. The minimum atomic E-state index is -0.247. The van der Waals surface area contributed by atoms with Crippen molar-refractivity contribution in [1.82, 2.24) is 0 Å². The van der Waals surface area contributed by atoms with Crippen molar-refractivity contribution >= 4 is 39.0 Å². The lowest BCUT2D eigenvalue weighted by Gasteiger charge is -2.11. The van der Waals surface area contributed by atoms with Crippen molar-refractivity contribution in [3.63, 3.8) is 0 Å². The van der Waals surface area contributed by atoms with Crippen molar-refractivity contribution in [2.24, 2.45) is 0 Å². The maximum absolute atomic E-state index is 12.4. The summed E-state index contributed by atoms with van der Waals surface area (Å²) in [4.78, 5) is 12.4.